The molecule has 4 heteroatoms. The van der Waals surface area contributed by atoms with E-state index in [1.54, 1.807) is 0 Å². The third-order valence-corrected chi connectivity index (χ3v) is 3.05. The molecule has 3 N–H and O–H groups in total. The molecule has 1 atom stereocenters. The number of methoxy groups -OCH3 is 1. The number of carboxylic acid groups (broad SMARTS) is 1. The van der Waals surface area contributed by atoms with Crippen LogP contribution in [0.3, 0.4) is 0 Å². The van der Waals surface area contributed by atoms with E-state index in [1.807, 2.05) is 12.1 Å². The van der Waals surface area contributed by atoms with Crippen molar-refractivity contribution in [3.8, 4) is 5.75 Å². The van der Waals surface area contributed by atoms with Gasteiger partial charge in [0.05, 0.1) is 7.11 Å². The Morgan fingerprint density at radius 2 is 2.06 bits per heavy atom. The molecule has 1 unspecified atom stereocenters. The normalized spacial score (nSPS) is 15.6. The molecule has 0 saturated carbocycles. The number of hydrogen-bond acceptors (Lipinski definition) is 3. The largest absolute Gasteiger partial charge is 0.496 e. The van der Waals surface area contributed by atoms with Gasteiger partial charge in [0.25, 0.3) is 0 Å². The van der Waals surface area contributed by atoms with Gasteiger partial charge in [-0.05, 0) is 42.5 Å². The van der Waals surface area contributed by atoms with Crippen molar-refractivity contribution < 1.29 is 14.6 Å². The average molecular weight is 221 g/mol. The first kappa shape index (κ1) is 11.0. The van der Waals surface area contributed by atoms with E-state index in [0.717, 1.165) is 19.3 Å². The quantitative estimate of drug-likeness (QED) is 0.806. The van der Waals surface area contributed by atoms with Crippen molar-refractivity contribution in [2.45, 2.75) is 25.3 Å². The van der Waals surface area contributed by atoms with Crippen molar-refractivity contribution in [2.24, 2.45) is 5.73 Å². The second-order valence-electron chi connectivity index (χ2n) is 4.03. The van der Waals surface area contributed by atoms with Crippen molar-refractivity contribution in [1.29, 1.82) is 0 Å². The predicted octanol–water partition coefficient (Wildman–Crippen LogP) is 1.27. The SMILES string of the molecule is COc1cc2c(cc1C(N)C(=O)O)CCC2. The molecule has 0 fully saturated rings. The summed E-state index contributed by atoms with van der Waals surface area (Å²) in [7, 11) is 1.54. The van der Waals surface area contributed by atoms with Gasteiger partial charge in [0.2, 0.25) is 0 Å². The predicted molar refractivity (Wildman–Crippen MR) is 59.6 cm³/mol. The van der Waals surface area contributed by atoms with Crippen molar-refractivity contribution in [1.82, 2.24) is 0 Å². The van der Waals surface area contributed by atoms with Gasteiger partial charge in [-0.15, -0.1) is 0 Å². The standard InChI is InChI=1S/C12H15NO3/c1-16-10-6-8-4-2-3-7(8)5-9(10)11(13)12(14)15/h5-6,11H,2-4,13H2,1H3,(H,14,15). The van der Waals surface area contributed by atoms with E-state index in [1.165, 1.54) is 18.2 Å². The molecular formula is C12H15NO3. The Kier molecular flexibility index (Phi) is 2.83. The number of aliphatic carboxylic acids is 1. The zero-order chi connectivity index (χ0) is 11.7. The topological polar surface area (TPSA) is 72.5 Å². The maximum Gasteiger partial charge on any atom is 0.325 e. The van der Waals surface area contributed by atoms with E-state index in [2.05, 4.69) is 0 Å². The first-order valence-corrected chi connectivity index (χ1v) is 5.31. The summed E-state index contributed by atoms with van der Waals surface area (Å²) in [6, 6.07) is 2.78. The highest BCUT2D eigenvalue weighted by molar-refractivity contribution is 5.76. The second kappa shape index (κ2) is 4.14. The van der Waals surface area contributed by atoms with E-state index >= 15 is 0 Å². The molecule has 1 aromatic carbocycles. The minimum absolute atomic E-state index is 0.565. The molecule has 0 amide bonds. The van der Waals surface area contributed by atoms with E-state index in [4.69, 9.17) is 15.6 Å². The number of hydrogen-bond donors (Lipinski definition) is 2. The smallest absolute Gasteiger partial charge is 0.325 e. The van der Waals surface area contributed by atoms with E-state index in [-0.39, 0.29) is 0 Å². The van der Waals surface area contributed by atoms with Gasteiger partial charge in [-0.2, -0.15) is 0 Å². The Labute approximate surface area is 94.0 Å². The molecule has 0 spiro atoms. The summed E-state index contributed by atoms with van der Waals surface area (Å²) in [5, 5.41) is 8.92. The summed E-state index contributed by atoms with van der Waals surface area (Å²) in [6.07, 6.45) is 3.15. The van der Waals surface area contributed by atoms with Gasteiger partial charge in [0.15, 0.2) is 0 Å². The number of nitrogens with two attached hydrogens (primary N) is 1. The van der Waals surface area contributed by atoms with Crippen molar-refractivity contribution in [3.05, 3.63) is 28.8 Å². The van der Waals surface area contributed by atoms with Crippen LogP contribution in [0.2, 0.25) is 0 Å². The van der Waals surface area contributed by atoms with Crippen LogP contribution in [0.4, 0.5) is 0 Å². The average Bonchev–Trinajstić information content (AvgIpc) is 2.72. The zero-order valence-electron chi connectivity index (χ0n) is 9.19. The summed E-state index contributed by atoms with van der Waals surface area (Å²) in [5.74, 6) is -0.452. The Bertz CT molecular complexity index is 429. The van der Waals surface area contributed by atoms with Gasteiger partial charge < -0.3 is 15.6 Å². The Balaban J connectivity index is 2.47. The van der Waals surface area contributed by atoms with E-state index in [9.17, 15) is 4.79 Å². The molecule has 1 aliphatic rings. The van der Waals surface area contributed by atoms with Crippen LogP contribution in [0, 0.1) is 0 Å². The van der Waals surface area contributed by atoms with Gasteiger partial charge >= 0.3 is 5.97 Å². The number of carbonyl (C=O) groups is 1. The minimum atomic E-state index is -1.03. The fraction of sp³-hybridized carbons (Fsp3) is 0.417. The highest BCUT2D eigenvalue weighted by Gasteiger charge is 2.22. The van der Waals surface area contributed by atoms with Crippen LogP contribution in [0.15, 0.2) is 12.1 Å². The zero-order valence-corrected chi connectivity index (χ0v) is 9.19. The van der Waals surface area contributed by atoms with Crippen LogP contribution >= 0.6 is 0 Å². The summed E-state index contributed by atoms with van der Waals surface area (Å²) < 4.78 is 5.20. The summed E-state index contributed by atoms with van der Waals surface area (Å²) in [5.41, 5.74) is 8.64. The lowest BCUT2D eigenvalue weighted by molar-refractivity contribution is -0.138. The fourth-order valence-corrected chi connectivity index (χ4v) is 2.17. The third-order valence-electron chi connectivity index (χ3n) is 3.05. The molecule has 0 aliphatic heterocycles. The lowest BCUT2D eigenvalue weighted by Gasteiger charge is -2.14. The molecule has 2 rings (SSSR count). The number of rotatable bonds is 3. The monoisotopic (exact) mass is 221 g/mol. The molecule has 0 aromatic heterocycles. The molecule has 1 aromatic rings. The lowest BCUT2D eigenvalue weighted by Crippen LogP contribution is -2.21. The van der Waals surface area contributed by atoms with Crippen LogP contribution in [0.5, 0.6) is 5.75 Å². The molecular weight excluding hydrogens is 206 g/mol. The summed E-state index contributed by atoms with van der Waals surface area (Å²) in [4.78, 5) is 10.9. The van der Waals surface area contributed by atoms with Crippen LogP contribution in [-0.2, 0) is 17.6 Å². The van der Waals surface area contributed by atoms with Gasteiger partial charge in [0, 0.05) is 5.56 Å². The van der Waals surface area contributed by atoms with Crippen molar-refractivity contribution >= 4 is 5.97 Å². The van der Waals surface area contributed by atoms with Crippen LogP contribution in [0.25, 0.3) is 0 Å². The number of ether oxygens (including phenoxy) is 1. The second-order valence-corrected chi connectivity index (χ2v) is 4.03. The Morgan fingerprint density at radius 1 is 1.44 bits per heavy atom. The van der Waals surface area contributed by atoms with Crippen molar-refractivity contribution in [3.63, 3.8) is 0 Å². The van der Waals surface area contributed by atoms with Gasteiger partial charge in [-0.1, -0.05) is 0 Å². The molecule has 16 heavy (non-hydrogen) atoms. The first-order valence-electron chi connectivity index (χ1n) is 5.31. The highest BCUT2D eigenvalue weighted by atomic mass is 16.5. The van der Waals surface area contributed by atoms with Gasteiger partial charge in [0.1, 0.15) is 11.8 Å². The molecule has 0 heterocycles. The first-order chi connectivity index (χ1) is 7.63. The molecule has 1 aliphatic carbocycles. The maximum absolute atomic E-state index is 10.9. The molecule has 0 radical (unpaired) electrons. The van der Waals surface area contributed by atoms with E-state index in [0.29, 0.717) is 11.3 Å². The number of benzene rings is 1. The van der Waals surface area contributed by atoms with Crippen LogP contribution in [0.1, 0.15) is 29.2 Å². The molecule has 0 saturated heterocycles. The Hall–Kier alpha value is -1.55. The summed E-state index contributed by atoms with van der Waals surface area (Å²) >= 11 is 0. The molecule has 86 valence electrons. The maximum atomic E-state index is 10.9. The number of fused-ring (bicyclic) bond motifs is 1. The third kappa shape index (κ3) is 1.76. The minimum Gasteiger partial charge on any atom is -0.496 e. The number of carboxylic acids is 1. The van der Waals surface area contributed by atoms with E-state index < -0.39 is 12.0 Å². The number of aryl methyl sites for hydroxylation is 2. The van der Waals surface area contributed by atoms with Gasteiger partial charge in [-0.25, -0.2) is 0 Å². The molecule has 4 nitrogen and oxygen atoms in total. The van der Waals surface area contributed by atoms with Crippen molar-refractivity contribution in [2.75, 3.05) is 7.11 Å². The highest BCUT2D eigenvalue weighted by Crippen LogP contribution is 2.32. The fourth-order valence-electron chi connectivity index (χ4n) is 2.17. The Morgan fingerprint density at radius 3 is 2.62 bits per heavy atom. The van der Waals surface area contributed by atoms with Crippen LogP contribution < -0.4 is 10.5 Å². The molecule has 0 bridgehead atoms. The lowest BCUT2D eigenvalue weighted by atomic mass is 10.0. The van der Waals surface area contributed by atoms with Crippen LogP contribution in [-0.4, -0.2) is 18.2 Å². The van der Waals surface area contributed by atoms with Gasteiger partial charge in [-0.3, -0.25) is 4.79 Å². The summed E-state index contributed by atoms with van der Waals surface area (Å²) in [6.45, 7) is 0.